The van der Waals surface area contributed by atoms with Crippen LogP contribution in [0.1, 0.15) is 12.7 Å². The molecule has 0 aliphatic carbocycles. The molecular formula is C6H12N5. The largest absolute Gasteiger partial charge is 0.316 e. The van der Waals surface area contributed by atoms with Crippen LogP contribution in [-0.4, -0.2) is 33.7 Å². The van der Waals surface area contributed by atoms with E-state index in [4.69, 9.17) is 0 Å². The van der Waals surface area contributed by atoms with Crippen LogP contribution >= 0.6 is 0 Å². The van der Waals surface area contributed by atoms with Crippen molar-refractivity contribution in [2.75, 3.05) is 13.1 Å². The summed E-state index contributed by atoms with van der Waals surface area (Å²) in [5.74, 6) is 0.827. The van der Waals surface area contributed by atoms with Gasteiger partial charge in [0.15, 0.2) is 0 Å². The van der Waals surface area contributed by atoms with E-state index in [1.165, 1.54) is 0 Å². The lowest BCUT2D eigenvalue weighted by Gasteiger charge is -1.97. The van der Waals surface area contributed by atoms with E-state index in [0.29, 0.717) is 0 Å². The van der Waals surface area contributed by atoms with Gasteiger partial charge in [-0.05, 0) is 23.4 Å². The molecule has 0 bridgehead atoms. The summed E-state index contributed by atoms with van der Waals surface area (Å²) < 4.78 is 0. The number of nitrogens with zero attached hydrogens (tertiary/aromatic N) is 3. The van der Waals surface area contributed by atoms with E-state index in [1.807, 2.05) is 6.92 Å². The first-order valence-corrected chi connectivity index (χ1v) is 3.64. The molecule has 1 aromatic heterocycles. The minimum absolute atomic E-state index is 0.827. The molecule has 11 heavy (non-hydrogen) atoms. The number of nitrogens with one attached hydrogen (secondary N) is 2. The van der Waals surface area contributed by atoms with Crippen molar-refractivity contribution < 1.29 is 0 Å². The maximum Gasteiger partial charge on any atom is 0.149 e. The molecule has 5 nitrogen and oxygen atoms in total. The summed E-state index contributed by atoms with van der Waals surface area (Å²) in [5.41, 5.74) is 0. The third-order valence-corrected chi connectivity index (χ3v) is 1.28. The molecule has 61 valence electrons. The summed E-state index contributed by atoms with van der Waals surface area (Å²) in [4.78, 5) is 0. The number of tetrazole rings is 1. The van der Waals surface area contributed by atoms with Crippen molar-refractivity contribution in [3.8, 4) is 0 Å². The number of hydrogen-bond donors (Lipinski definition) is 2. The van der Waals surface area contributed by atoms with E-state index in [-0.39, 0.29) is 0 Å². The molecular weight excluding hydrogens is 142 g/mol. The fourth-order valence-electron chi connectivity index (χ4n) is 0.738. The smallest absolute Gasteiger partial charge is 0.149 e. The Bertz CT molecular complexity index is 171. The van der Waals surface area contributed by atoms with E-state index >= 15 is 0 Å². The summed E-state index contributed by atoms with van der Waals surface area (Å²) in [5, 5.41) is 16.6. The standard InChI is InChI=1S/C6H12N5/c1-2-4-7-5-3-6-8-10-11-9-6/h2,7H,3-5H2,1H3,(H,8,9,10,11). The van der Waals surface area contributed by atoms with Crippen LogP contribution in [0.2, 0.25) is 0 Å². The van der Waals surface area contributed by atoms with Crippen molar-refractivity contribution in [2.45, 2.75) is 13.3 Å². The molecule has 0 fully saturated rings. The van der Waals surface area contributed by atoms with Crippen molar-refractivity contribution in [1.29, 1.82) is 0 Å². The molecule has 0 saturated heterocycles. The first-order valence-electron chi connectivity index (χ1n) is 3.64. The van der Waals surface area contributed by atoms with Gasteiger partial charge >= 0.3 is 0 Å². The minimum atomic E-state index is 0.827. The van der Waals surface area contributed by atoms with Gasteiger partial charge in [-0.25, -0.2) is 5.10 Å². The normalized spacial score (nSPS) is 10.3. The van der Waals surface area contributed by atoms with Gasteiger partial charge in [0.2, 0.25) is 0 Å². The Morgan fingerprint density at radius 2 is 2.55 bits per heavy atom. The Hall–Kier alpha value is -0.970. The monoisotopic (exact) mass is 154 g/mol. The second-order valence-corrected chi connectivity index (χ2v) is 2.21. The van der Waals surface area contributed by atoms with Crippen molar-refractivity contribution >= 4 is 0 Å². The molecule has 0 atom stereocenters. The zero-order chi connectivity index (χ0) is 7.94. The zero-order valence-electron chi connectivity index (χ0n) is 6.54. The van der Waals surface area contributed by atoms with Gasteiger partial charge in [0.1, 0.15) is 5.82 Å². The first-order chi connectivity index (χ1) is 5.43. The van der Waals surface area contributed by atoms with Crippen LogP contribution in [-0.2, 0) is 6.42 Å². The molecule has 0 aromatic carbocycles. The molecule has 0 spiro atoms. The molecule has 0 saturated carbocycles. The lowest BCUT2D eigenvalue weighted by atomic mass is 10.4. The molecule has 0 aliphatic heterocycles. The van der Waals surface area contributed by atoms with E-state index in [9.17, 15) is 0 Å². The molecule has 5 heteroatoms. The van der Waals surface area contributed by atoms with Crippen molar-refractivity contribution in [3.63, 3.8) is 0 Å². The van der Waals surface area contributed by atoms with Gasteiger partial charge in [-0.2, -0.15) is 0 Å². The lowest BCUT2D eigenvalue weighted by molar-refractivity contribution is 0.704. The Morgan fingerprint density at radius 1 is 1.64 bits per heavy atom. The van der Waals surface area contributed by atoms with Gasteiger partial charge in [-0.3, -0.25) is 0 Å². The van der Waals surface area contributed by atoms with Crippen molar-refractivity contribution in [2.24, 2.45) is 0 Å². The van der Waals surface area contributed by atoms with Crippen molar-refractivity contribution in [3.05, 3.63) is 12.2 Å². The van der Waals surface area contributed by atoms with Crippen LogP contribution in [0.3, 0.4) is 0 Å². The summed E-state index contributed by atoms with van der Waals surface area (Å²) >= 11 is 0. The van der Waals surface area contributed by atoms with Crippen LogP contribution < -0.4 is 5.32 Å². The highest BCUT2D eigenvalue weighted by atomic mass is 15.5. The molecule has 0 unspecified atom stereocenters. The molecule has 1 rings (SSSR count). The maximum atomic E-state index is 3.75. The number of rotatable bonds is 5. The van der Waals surface area contributed by atoms with Crippen LogP contribution in [0.5, 0.6) is 0 Å². The fraction of sp³-hybridized carbons (Fsp3) is 0.667. The van der Waals surface area contributed by atoms with Gasteiger partial charge in [0.05, 0.1) is 0 Å². The predicted octanol–water partition coefficient (Wildman–Crippen LogP) is -0.444. The summed E-state index contributed by atoms with van der Waals surface area (Å²) in [7, 11) is 0. The number of aromatic nitrogens is 4. The average molecular weight is 154 g/mol. The predicted molar refractivity (Wildman–Crippen MR) is 40.7 cm³/mol. The zero-order valence-corrected chi connectivity index (χ0v) is 6.54. The topological polar surface area (TPSA) is 66.5 Å². The Balaban J connectivity index is 2.04. The summed E-state index contributed by atoms with van der Waals surface area (Å²) in [6, 6.07) is 0. The van der Waals surface area contributed by atoms with Crippen molar-refractivity contribution in [1.82, 2.24) is 25.9 Å². The highest BCUT2D eigenvalue weighted by Gasteiger charge is 1.94. The number of hydrogen-bond acceptors (Lipinski definition) is 4. The van der Waals surface area contributed by atoms with Crippen LogP contribution in [0, 0.1) is 6.42 Å². The third kappa shape index (κ3) is 3.08. The third-order valence-electron chi connectivity index (χ3n) is 1.28. The Kier molecular flexibility index (Phi) is 3.54. The maximum absolute atomic E-state index is 3.75. The molecule has 1 aromatic rings. The number of aromatic amines is 1. The van der Waals surface area contributed by atoms with E-state index in [0.717, 1.165) is 25.3 Å². The minimum Gasteiger partial charge on any atom is -0.316 e. The highest BCUT2D eigenvalue weighted by Crippen LogP contribution is 1.82. The molecule has 1 radical (unpaired) electrons. The summed E-state index contributed by atoms with van der Waals surface area (Å²) in [6.07, 6.45) is 2.92. The van der Waals surface area contributed by atoms with Gasteiger partial charge in [0, 0.05) is 13.0 Å². The van der Waals surface area contributed by atoms with Gasteiger partial charge < -0.3 is 5.32 Å². The van der Waals surface area contributed by atoms with E-state index < -0.39 is 0 Å². The Labute approximate surface area is 65.6 Å². The second kappa shape index (κ2) is 4.79. The lowest BCUT2D eigenvalue weighted by Crippen LogP contribution is -2.18. The fourth-order valence-corrected chi connectivity index (χ4v) is 0.738. The number of H-pyrrole nitrogens is 1. The molecule has 1 heterocycles. The van der Waals surface area contributed by atoms with Gasteiger partial charge in [0.25, 0.3) is 0 Å². The van der Waals surface area contributed by atoms with Crippen LogP contribution in [0.25, 0.3) is 0 Å². The molecule has 0 aliphatic rings. The second-order valence-electron chi connectivity index (χ2n) is 2.21. The van der Waals surface area contributed by atoms with Gasteiger partial charge in [-0.15, -0.1) is 5.10 Å². The quantitative estimate of drug-likeness (QED) is 0.564. The summed E-state index contributed by atoms with van der Waals surface area (Å²) in [6.45, 7) is 3.85. The average Bonchev–Trinajstić information content (AvgIpc) is 2.50. The first kappa shape index (κ1) is 8.13. The van der Waals surface area contributed by atoms with E-state index in [2.05, 4.69) is 32.4 Å². The van der Waals surface area contributed by atoms with Crippen LogP contribution in [0.4, 0.5) is 0 Å². The molecule has 2 N–H and O–H groups in total. The van der Waals surface area contributed by atoms with Crippen LogP contribution in [0.15, 0.2) is 0 Å². The van der Waals surface area contributed by atoms with Gasteiger partial charge in [-0.1, -0.05) is 6.92 Å². The molecule has 0 amide bonds. The highest BCUT2D eigenvalue weighted by molar-refractivity contribution is 4.77. The SMILES string of the molecule is C[CH]CNCCc1nnn[nH]1. The van der Waals surface area contributed by atoms with E-state index in [1.54, 1.807) is 0 Å². The Morgan fingerprint density at radius 3 is 3.18 bits per heavy atom.